The lowest BCUT2D eigenvalue weighted by molar-refractivity contribution is 0.171. The number of hydrogen-bond donors (Lipinski definition) is 2. The van der Waals surface area contributed by atoms with Gasteiger partial charge < -0.3 is 10.4 Å². The Bertz CT molecular complexity index is 176. The number of rotatable bonds is 0. The first-order chi connectivity index (χ1) is 4.10. The SMILES string of the molecule is OC1(Br)C=CC=C(I)N1. The van der Waals surface area contributed by atoms with Gasteiger partial charge in [0, 0.05) is 0 Å². The Morgan fingerprint density at radius 1 is 1.78 bits per heavy atom. The fourth-order valence-electron chi connectivity index (χ4n) is 0.511. The van der Waals surface area contributed by atoms with E-state index in [2.05, 4.69) is 43.8 Å². The predicted molar refractivity (Wildman–Crippen MR) is 48.3 cm³/mol. The number of alkyl halides is 1. The van der Waals surface area contributed by atoms with Gasteiger partial charge in [0.1, 0.15) is 0 Å². The second-order valence-corrected chi connectivity index (χ2v) is 4.04. The van der Waals surface area contributed by atoms with Crippen LogP contribution in [0.25, 0.3) is 0 Å². The van der Waals surface area contributed by atoms with Crippen molar-refractivity contribution in [2.24, 2.45) is 0 Å². The Morgan fingerprint density at radius 3 is 2.78 bits per heavy atom. The third kappa shape index (κ3) is 2.27. The molecule has 0 aromatic rings. The summed E-state index contributed by atoms with van der Waals surface area (Å²) in [7, 11) is 0. The first kappa shape index (κ1) is 7.56. The van der Waals surface area contributed by atoms with Crippen LogP contribution in [0, 0.1) is 0 Å². The standard InChI is InChI=1S/C5H5BrINO/c6-5(9)3-1-2-4(7)8-5/h1-3,8-9H. The highest BCUT2D eigenvalue weighted by atomic mass is 127. The average molecular weight is 302 g/mol. The lowest BCUT2D eigenvalue weighted by atomic mass is 10.4. The van der Waals surface area contributed by atoms with Crippen LogP contribution >= 0.6 is 38.5 Å². The topological polar surface area (TPSA) is 32.3 Å². The van der Waals surface area contributed by atoms with E-state index < -0.39 is 4.63 Å². The Kier molecular flexibility index (Phi) is 2.18. The van der Waals surface area contributed by atoms with E-state index in [4.69, 9.17) is 0 Å². The summed E-state index contributed by atoms with van der Waals surface area (Å²) in [6, 6.07) is 0. The van der Waals surface area contributed by atoms with Crippen molar-refractivity contribution in [2.45, 2.75) is 4.63 Å². The molecule has 1 atom stereocenters. The minimum Gasteiger partial charge on any atom is -0.359 e. The van der Waals surface area contributed by atoms with Gasteiger partial charge in [0.2, 0.25) is 4.63 Å². The summed E-state index contributed by atoms with van der Waals surface area (Å²) in [5, 5.41) is 12.0. The Balaban J connectivity index is 2.73. The van der Waals surface area contributed by atoms with Crippen molar-refractivity contribution in [1.82, 2.24) is 5.32 Å². The third-order valence-electron chi connectivity index (χ3n) is 0.854. The molecule has 0 aromatic heterocycles. The first-order valence-electron chi connectivity index (χ1n) is 2.35. The maximum Gasteiger partial charge on any atom is 0.213 e. The molecule has 0 aliphatic carbocycles. The van der Waals surface area contributed by atoms with Gasteiger partial charge in [-0.3, -0.25) is 0 Å². The Labute approximate surface area is 75.3 Å². The van der Waals surface area contributed by atoms with Crippen LogP contribution in [-0.4, -0.2) is 9.74 Å². The molecule has 0 fully saturated rings. The highest BCUT2D eigenvalue weighted by Crippen LogP contribution is 2.20. The monoisotopic (exact) mass is 301 g/mol. The average Bonchev–Trinajstić information content (AvgIpc) is 1.60. The van der Waals surface area contributed by atoms with Crippen molar-refractivity contribution < 1.29 is 5.11 Å². The van der Waals surface area contributed by atoms with Crippen molar-refractivity contribution in [3.8, 4) is 0 Å². The number of halogens is 2. The molecule has 1 aliphatic rings. The second-order valence-electron chi connectivity index (χ2n) is 1.67. The van der Waals surface area contributed by atoms with Crippen molar-refractivity contribution in [3.63, 3.8) is 0 Å². The Hall–Kier alpha value is 0.450. The van der Waals surface area contributed by atoms with Crippen LogP contribution < -0.4 is 5.32 Å². The molecule has 0 aromatic carbocycles. The molecular formula is C5H5BrINO. The molecule has 0 bridgehead atoms. The zero-order valence-electron chi connectivity index (χ0n) is 4.44. The summed E-state index contributed by atoms with van der Waals surface area (Å²) < 4.78 is -0.132. The van der Waals surface area contributed by atoms with Crippen LogP contribution in [0.1, 0.15) is 0 Å². The molecule has 1 aliphatic heterocycles. The number of hydrogen-bond acceptors (Lipinski definition) is 2. The summed E-state index contributed by atoms with van der Waals surface area (Å²) in [4.78, 5) is 0. The summed E-state index contributed by atoms with van der Waals surface area (Å²) in [6.07, 6.45) is 5.28. The zero-order valence-corrected chi connectivity index (χ0v) is 8.18. The normalized spacial score (nSPS) is 33.4. The van der Waals surface area contributed by atoms with Crippen LogP contribution in [0.5, 0.6) is 0 Å². The molecule has 0 spiro atoms. The molecule has 1 rings (SSSR count). The molecule has 1 unspecified atom stereocenters. The summed E-state index contributed by atoms with van der Waals surface area (Å²) in [5.41, 5.74) is 0. The van der Waals surface area contributed by atoms with Gasteiger partial charge >= 0.3 is 0 Å². The van der Waals surface area contributed by atoms with Gasteiger partial charge in [-0.25, -0.2) is 0 Å². The van der Waals surface area contributed by atoms with Crippen LogP contribution in [0.3, 0.4) is 0 Å². The van der Waals surface area contributed by atoms with Gasteiger partial charge in [0.15, 0.2) is 0 Å². The first-order valence-corrected chi connectivity index (χ1v) is 4.22. The highest BCUT2D eigenvalue weighted by Gasteiger charge is 2.19. The van der Waals surface area contributed by atoms with Gasteiger partial charge in [0.05, 0.1) is 3.70 Å². The Morgan fingerprint density at radius 2 is 2.44 bits per heavy atom. The smallest absolute Gasteiger partial charge is 0.213 e. The molecule has 2 N–H and O–H groups in total. The molecule has 0 saturated heterocycles. The van der Waals surface area contributed by atoms with Crippen LogP contribution in [0.2, 0.25) is 0 Å². The number of dihydropyridines is 1. The fraction of sp³-hybridized carbons (Fsp3) is 0.200. The molecule has 0 saturated carbocycles. The van der Waals surface area contributed by atoms with Gasteiger partial charge in [-0.1, -0.05) is 6.08 Å². The number of nitrogens with one attached hydrogen (secondary N) is 1. The van der Waals surface area contributed by atoms with Crippen LogP contribution in [0.4, 0.5) is 0 Å². The minimum absolute atomic E-state index is 0.912. The second kappa shape index (κ2) is 2.59. The van der Waals surface area contributed by atoms with Crippen LogP contribution in [0.15, 0.2) is 21.9 Å². The third-order valence-corrected chi connectivity index (χ3v) is 1.95. The van der Waals surface area contributed by atoms with Gasteiger partial charge in [-0.05, 0) is 50.7 Å². The van der Waals surface area contributed by atoms with E-state index in [1.54, 1.807) is 12.2 Å². The van der Waals surface area contributed by atoms with E-state index in [-0.39, 0.29) is 0 Å². The molecule has 0 amide bonds. The number of aliphatic hydroxyl groups is 1. The molecule has 0 radical (unpaired) electrons. The molecule has 9 heavy (non-hydrogen) atoms. The summed E-state index contributed by atoms with van der Waals surface area (Å²) in [5.74, 6) is 0. The largest absolute Gasteiger partial charge is 0.359 e. The van der Waals surface area contributed by atoms with E-state index >= 15 is 0 Å². The fourth-order valence-corrected chi connectivity index (χ4v) is 1.87. The molecular weight excluding hydrogens is 297 g/mol. The van der Waals surface area contributed by atoms with E-state index in [9.17, 15) is 5.11 Å². The van der Waals surface area contributed by atoms with Crippen molar-refractivity contribution in [3.05, 3.63) is 21.9 Å². The highest BCUT2D eigenvalue weighted by molar-refractivity contribution is 14.1. The molecule has 50 valence electrons. The zero-order chi connectivity index (χ0) is 6.91. The molecule has 2 nitrogen and oxygen atoms in total. The van der Waals surface area contributed by atoms with Gasteiger partial charge in [0.25, 0.3) is 0 Å². The number of allylic oxidation sites excluding steroid dienone is 2. The lowest BCUT2D eigenvalue weighted by Gasteiger charge is -2.21. The quantitative estimate of drug-likeness (QED) is 0.403. The van der Waals surface area contributed by atoms with Crippen LogP contribution in [-0.2, 0) is 0 Å². The predicted octanol–water partition coefficient (Wildman–Crippen LogP) is 1.46. The van der Waals surface area contributed by atoms with Gasteiger partial charge in [-0.2, -0.15) is 0 Å². The van der Waals surface area contributed by atoms with E-state index in [0.29, 0.717) is 0 Å². The van der Waals surface area contributed by atoms with E-state index in [1.807, 2.05) is 6.08 Å². The van der Waals surface area contributed by atoms with Gasteiger partial charge in [-0.15, -0.1) is 0 Å². The van der Waals surface area contributed by atoms with E-state index in [0.717, 1.165) is 3.70 Å². The van der Waals surface area contributed by atoms with E-state index in [1.165, 1.54) is 0 Å². The maximum atomic E-state index is 9.22. The minimum atomic E-state index is -1.04. The van der Waals surface area contributed by atoms with Crippen molar-refractivity contribution >= 4 is 38.5 Å². The summed E-state index contributed by atoms with van der Waals surface area (Å²) >= 11 is 5.14. The summed E-state index contributed by atoms with van der Waals surface area (Å²) in [6.45, 7) is 0. The lowest BCUT2D eigenvalue weighted by Crippen LogP contribution is -2.36. The maximum absolute atomic E-state index is 9.22. The van der Waals surface area contributed by atoms with Crippen molar-refractivity contribution in [1.29, 1.82) is 0 Å². The molecule has 1 heterocycles. The molecule has 4 heteroatoms. The van der Waals surface area contributed by atoms with Crippen molar-refractivity contribution in [2.75, 3.05) is 0 Å².